The highest BCUT2D eigenvalue weighted by atomic mass is 32.2. The lowest BCUT2D eigenvalue weighted by Crippen LogP contribution is -2.26. The van der Waals surface area contributed by atoms with E-state index in [2.05, 4.69) is 26.5 Å². The molecular weight excluding hydrogens is 420 g/mol. The molecule has 1 unspecified atom stereocenters. The van der Waals surface area contributed by atoms with Crippen LogP contribution < -0.4 is 4.74 Å². The maximum Gasteiger partial charge on any atom is 0.373 e. The molecule has 32 heavy (non-hydrogen) atoms. The first-order valence-electron chi connectivity index (χ1n) is 11.8. The van der Waals surface area contributed by atoms with Gasteiger partial charge in [0.2, 0.25) is 0 Å². The number of benzene rings is 1. The Labute approximate surface area is 197 Å². The number of epoxide rings is 1. The summed E-state index contributed by atoms with van der Waals surface area (Å²) in [6, 6.07) is 3.81. The van der Waals surface area contributed by atoms with Crippen LogP contribution in [0.15, 0.2) is 35.9 Å². The van der Waals surface area contributed by atoms with E-state index in [4.69, 9.17) is 9.47 Å². The van der Waals surface area contributed by atoms with Crippen LogP contribution in [0.5, 0.6) is 11.5 Å². The third-order valence-electron chi connectivity index (χ3n) is 6.61. The molecule has 1 N–H and O–H groups in total. The number of thioether (sulfide) groups is 1. The van der Waals surface area contributed by atoms with Crippen LogP contribution in [0.1, 0.15) is 83.8 Å². The number of rotatable bonds is 9. The average molecular weight is 459 g/mol. The van der Waals surface area contributed by atoms with Crippen LogP contribution in [0.2, 0.25) is 0 Å². The van der Waals surface area contributed by atoms with Gasteiger partial charge in [-0.15, -0.1) is 0 Å². The number of hydrogen-bond acceptors (Lipinski definition) is 5. The van der Waals surface area contributed by atoms with Crippen LogP contribution in [0.4, 0.5) is 4.79 Å². The van der Waals surface area contributed by atoms with Crippen molar-refractivity contribution >= 4 is 17.1 Å². The third kappa shape index (κ3) is 6.20. The van der Waals surface area contributed by atoms with E-state index >= 15 is 0 Å². The minimum Gasteiger partial charge on any atom is -0.507 e. The Morgan fingerprint density at radius 2 is 2.06 bits per heavy atom. The first kappa shape index (κ1) is 24.9. The number of hydrogen-bond donors (Lipinski definition) is 1. The quantitative estimate of drug-likeness (QED) is 0.179. The molecule has 0 radical (unpaired) electrons. The fraction of sp³-hybridized carbons (Fsp3) is 0.593. The van der Waals surface area contributed by atoms with E-state index in [0.717, 1.165) is 61.4 Å². The lowest BCUT2D eigenvalue weighted by atomic mass is 9.73. The molecular formula is C27H38O4S. The van der Waals surface area contributed by atoms with E-state index in [1.54, 1.807) is 0 Å². The Kier molecular flexibility index (Phi) is 8.16. The summed E-state index contributed by atoms with van der Waals surface area (Å²) in [4.78, 5) is 12.9. The lowest BCUT2D eigenvalue weighted by molar-refractivity contribution is 0.225. The van der Waals surface area contributed by atoms with Gasteiger partial charge < -0.3 is 14.6 Å². The van der Waals surface area contributed by atoms with Crippen molar-refractivity contribution in [1.29, 1.82) is 0 Å². The van der Waals surface area contributed by atoms with Crippen molar-refractivity contribution < 1.29 is 19.4 Å². The molecule has 0 saturated carbocycles. The van der Waals surface area contributed by atoms with E-state index in [1.165, 1.54) is 5.57 Å². The summed E-state index contributed by atoms with van der Waals surface area (Å²) >= 11 is 1.16. The Morgan fingerprint density at radius 3 is 2.69 bits per heavy atom. The molecule has 0 aromatic heterocycles. The third-order valence-corrected chi connectivity index (χ3v) is 7.65. The zero-order chi connectivity index (χ0) is 23.5. The van der Waals surface area contributed by atoms with Gasteiger partial charge in [-0.25, -0.2) is 4.79 Å². The van der Waals surface area contributed by atoms with E-state index in [0.29, 0.717) is 17.9 Å². The number of aryl methyl sites for hydroxylation is 1. The van der Waals surface area contributed by atoms with Crippen molar-refractivity contribution in [1.82, 2.24) is 0 Å². The standard InChI is InChI=1S/C27H38O4S/c1-7-8-9-10-19-14-22(28)25(21-13-18(4)11-12-20(21)17(2)3)23(15-19)31-26(29)32-27(5,6)24-16-30-24/h13-15,20-21,24,28H,2,7-12,16H2,1,3-6H3/t20-,21+,24?/m0/s1. The zero-order valence-corrected chi connectivity index (χ0v) is 21.0. The molecule has 1 heterocycles. The van der Waals surface area contributed by atoms with Crippen LogP contribution in [0.25, 0.3) is 0 Å². The summed E-state index contributed by atoms with van der Waals surface area (Å²) < 4.78 is 11.0. The summed E-state index contributed by atoms with van der Waals surface area (Å²) in [5.74, 6) is 0.831. The molecule has 1 aliphatic heterocycles. The molecule has 0 bridgehead atoms. The van der Waals surface area contributed by atoms with E-state index in [1.807, 2.05) is 32.9 Å². The SMILES string of the molecule is C=C(C)[C@@H]1CCC(C)=C[C@H]1c1c(O)cc(CCCCC)cc1OC(=O)SC(C)(C)C1CO1. The average Bonchev–Trinajstić information content (AvgIpc) is 3.53. The molecule has 3 atom stereocenters. The van der Waals surface area contributed by atoms with Crippen molar-refractivity contribution in [2.45, 2.75) is 89.9 Å². The number of unbranched alkanes of at least 4 members (excludes halogenated alkanes) is 2. The molecule has 1 aromatic carbocycles. The van der Waals surface area contributed by atoms with Gasteiger partial charge in [-0.1, -0.05) is 43.6 Å². The zero-order valence-electron chi connectivity index (χ0n) is 20.2. The Bertz CT molecular complexity index is 882. The van der Waals surface area contributed by atoms with Crippen LogP contribution in [-0.4, -0.2) is 27.9 Å². The monoisotopic (exact) mass is 458 g/mol. The topological polar surface area (TPSA) is 59.1 Å². The number of carbonyl (C=O) groups excluding carboxylic acids is 1. The molecule has 0 spiro atoms. The second-order valence-electron chi connectivity index (χ2n) is 9.89. The second kappa shape index (κ2) is 10.5. The molecule has 4 nitrogen and oxygen atoms in total. The summed E-state index contributed by atoms with van der Waals surface area (Å²) in [5.41, 5.74) is 4.08. The largest absolute Gasteiger partial charge is 0.507 e. The van der Waals surface area contributed by atoms with Gasteiger partial charge in [-0.2, -0.15) is 0 Å². The molecule has 1 aromatic rings. The number of aromatic hydroxyl groups is 1. The molecule has 2 aliphatic rings. The minimum atomic E-state index is -0.361. The van der Waals surface area contributed by atoms with Crippen molar-refractivity contribution in [3.63, 3.8) is 0 Å². The Morgan fingerprint density at radius 1 is 1.34 bits per heavy atom. The van der Waals surface area contributed by atoms with Crippen molar-refractivity contribution in [2.75, 3.05) is 6.61 Å². The Balaban J connectivity index is 1.96. The summed E-state index contributed by atoms with van der Waals surface area (Å²) in [7, 11) is 0. The molecule has 1 aliphatic carbocycles. The van der Waals surface area contributed by atoms with Crippen LogP contribution >= 0.6 is 11.8 Å². The molecule has 1 saturated heterocycles. The molecule has 0 amide bonds. The van der Waals surface area contributed by atoms with Gasteiger partial charge in [-0.05, 0) is 88.8 Å². The Hall–Kier alpha value is -1.72. The van der Waals surface area contributed by atoms with Gasteiger partial charge in [0, 0.05) is 16.2 Å². The van der Waals surface area contributed by atoms with Gasteiger partial charge in [0.1, 0.15) is 11.5 Å². The highest BCUT2D eigenvalue weighted by molar-refractivity contribution is 8.14. The van der Waals surface area contributed by atoms with Crippen molar-refractivity contribution in [3.8, 4) is 11.5 Å². The maximum absolute atomic E-state index is 12.9. The molecule has 1 fully saturated rings. The first-order chi connectivity index (χ1) is 15.1. The van der Waals surface area contributed by atoms with Gasteiger partial charge in [0.05, 0.1) is 12.7 Å². The summed E-state index contributed by atoms with van der Waals surface area (Å²) in [6.45, 7) is 15.2. The van der Waals surface area contributed by atoms with Gasteiger partial charge in [-0.3, -0.25) is 0 Å². The van der Waals surface area contributed by atoms with E-state index < -0.39 is 0 Å². The molecule has 5 heteroatoms. The molecule has 176 valence electrons. The second-order valence-corrected chi connectivity index (χ2v) is 11.5. The summed E-state index contributed by atoms with van der Waals surface area (Å²) in [6.07, 6.45) is 8.44. The number of ether oxygens (including phenoxy) is 2. The van der Waals surface area contributed by atoms with Crippen LogP contribution in [-0.2, 0) is 11.2 Å². The predicted octanol–water partition coefficient (Wildman–Crippen LogP) is 7.55. The fourth-order valence-electron chi connectivity index (χ4n) is 4.56. The minimum absolute atomic E-state index is 0.0569. The van der Waals surface area contributed by atoms with E-state index in [9.17, 15) is 9.90 Å². The number of phenolic OH excluding ortho intramolecular Hbond substituents is 1. The van der Waals surface area contributed by atoms with Gasteiger partial charge >= 0.3 is 5.30 Å². The number of carbonyl (C=O) groups is 1. The number of phenols is 1. The predicted molar refractivity (Wildman–Crippen MR) is 133 cm³/mol. The summed E-state index contributed by atoms with van der Waals surface area (Å²) in [5, 5.41) is 10.8. The van der Waals surface area contributed by atoms with Crippen molar-refractivity contribution in [2.24, 2.45) is 5.92 Å². The smallest absolute Gasteiger partial charge is 0.373 e. The highest BCUT2D eigenvalue weighted by Crippen LogP contribution is 2.47. The van der Waals surface area contributed by atoms with Gasteiger partial charge in [0.25, 0.3) is 0 Å². The number of allylic oxidation sites excluding steroid dienone is 3. The van der Waals surface area contributed by atoms with E-state index in [-0.39, 0.29) is 33.7 Å². The lowest BCUT2D eigenvalue weighted by Gasteiger charge is -2.32. The van der Waals surface area contributed by atoms with Crippen LogP contribution in [0, 0.1) is 5.92 Å². The normalized spacial score (nSPS) is 22.9. The molecule has 3 rings (SSSR count). The highest BCUT2D eigenvalue weighted by Gasteiger charge is 2.42. The maximum atomic E-state index is 12.9. The van der Waals surface area contributed by atoms with Crippen LogP contribution in [0.3, 0.4) is 0 Å². The van der Waals surface area contributed by atoms with Crippen molar-refractivity contribution in [3.05, 3.63) is 47.1 Å². The van der Waals surface area contributed by atoms with Gasteiger partial charge in [0.15, 0.2) is 0 Å². The first-order valence-corrected chi connectivity index (χ1v) is 12.6. The fourth-order valence-corrected chi connectivity index (χ4v) is 5.39.